The average molecular weight is 267 g/mol. The van der Waals surface area contributed by atoms with Crippen LogP contribution < -0.4 is 0 Å². The highest BCUT2D eigenvalue weighted by atomic mass is 16.5. The average Bonchev–Trinajstić information content (AvgIpc) is 2.80. The van der Waals surface area contributed by atoms with Crippen LogP contribution in [0.3, 0.4) is 0 Å². The second-order valence-corrected chi connectivity index (χ2v) is 5.14. The number of aryl methyl sites for hydroxylation is 1. The first kappa shape index (κ1) is 13.2. The number of aromatic nitrogens is 1. The van der Waals surface area contributed by atoms with Gasteiger partial charge in [0.05, 0.1) is 6.10 Å². The van der Waals surface area contributed by atoms with Gasteiger partial charge in [0.25, 0.3) is 0 Å². The summed E-state index contributed by atoms with van der Waals surface area (Å²) in [7, 11) is 0. The number of hydrogen-bond acceptors (Lipinski definition) is 1. The molecule has 0 radical (unpaired) electrons. The van der Waals surface area contributed by atoms with Crippen molar-refractivity contribution in [2.24, 2.45) is 0 Å². The van der Waals surface area contributed by atoms with Gasteiger partial charge >= 0.3 is 0 Å². The third-order valence-electron chi connectivity index (χ3n) is 4.00. The van der Waals surface area contributed by atoms with E-state index in [0.29, 0.717) is 0 Å². The Hall–Kier alpha value is -1.80. The van der Waals surface area contributed by atoms with E-state index in [4.69, 9.17) is 4.74 Å². The second kappa shape index (κ2) is 5.29. The van der Waals surface area contributed by atoms with Gasteiger partial charge in [-0.05, 0) is 44.5 Å². The van der Waals surface area contributed by atoms with Crippen molar-refractivity contribution in [3.63, 3.8) is 0 Å². The summed E-state index contributed by atoms with van der Waals surface area (Å²) in [6.45, 7) is 8.09. The topological polar surface area (TPSA) is 14.2 Å². The SMILES string of the molecule is CCOC(C)c1ccc2c(c1)c1ccccc1n2CC. The van der Waals surface area contributed by atoms with Crippen LogP contribution in [0.4, 0.5) is 0 Å². The van der Waals surface area contributed by atoms with Gasteiger partial charge in [-0.15, -0.1) is 0 Å². The maximum Gasteiger partial charge on any atom is 0.0796 e. The fourth-order valence-corrected chi connectivity index (χ4v) is 3.01. The number of para-hydroxylation sites is 1. The number of hydrogen-bond donors (Lipinski definition) is 0. The molecule has 0 aliphatic carbocycles. The van der Waals surface area contributed by atoms with E-state index >= 15 is 0 Å². The lowest BCUT2D eigenvalue weighted by atomic mass is 10.1. The molecule has 2 nitrogen and oxygen atoms in total. The number of rotatable bonds is 4. The first-order valence-electron chi connectivity index (χ1n) is 7.38. The number of fused-ring (bicyclic) bond motifs is 3. The van der Waals surface area contributed by atoms with Gasteiger partial charge in [-0.2, -0.15) is 0 Å². The summed E-state index contributed by atoms with van der Waals surface area (Å²) in [6.07, 6.45) is 0.146. The van der Waals surface area contributed by atoms with Crippen LogP contribution in [-0.4, -0.2) is 11.2 Å². The Balaban J connectivity index is 2.26. The summed E-state index contributed by atoms with van der Waals surface area (Å²) in [5, 5.41) is 2.65. The van der Waals surface area contributed by atoms with Gasteiger partial charge in [0.2, 0.25) is 0 Å². The van der Waals surface area contributed by atoms with Gasteiger partial charge in [-0.25, -0.2) is 0 Å². The predicted octanol–water partition coefficient (Wildman–Crippen LogP) is 4.91. The van der Waals surface area contributed by atoms with Gasteiger partial charge in [0.15, 0.2) is 0 Å². The standard InChI is InChI=1S/C18H21NO/c1-4-19-17-9-7-6-8-15(17)16-12-14(10-11-18(16)19)13(3)20-5-2/h6-13H,4-5H2,1-3H3. The molecule has 0 aliphatic heterocycles. The molecular weight excluding hydrogens is 246 g/mol. The molecule has 2 aromatic carbocycles. The monoisotopic (exact) mass is 267 g/mol. The van der Waals surface area contributed by atoms with E-state index < -0.39 is 0 Å². The molecule has 0 saturated carbocycles. The zero-order chi connectivity index (χ0) is 14.1. The molecule has 1 atom stereocenters. The minimum absolute atomic E-state index is 0.146. The predicted molar refractivity (Wildman–Crippen MR) is 85.2 cm³/mol. The molecule has 0 amide bonds. The van der Waals surface area contributed by atoms with Crippen LogP contribution in [0, 0.1) is 0 Å². The van der Waals surface area contributed by atoms with E-state index in [1.807, 2.05) is 6.92 Å². The van der Waals surface area contributed by atoms with E-state index in [9.17, 15) is 0 Å². The van der Waals surface area contributed by atoms with Crippen LogP contribution in [0.1, 0.15) is 32.4 Å². The van der Waals surface area contributed by atoms with Crippen molar-refractivity contribution in [1.82, 2.24) is 4.57 Å². The Bertz CT molecular complexity index is 742. The summed E-state index contributed by atoms with van der Waals surface area (Å²) in [5.41, 5.74) is 3.87. The largest absolute Gasteiger partial charge is 0.374 e. The van der Waals surface area contributed by atoms with Crippen molar-refractivity contribution in [3.05, 3.63) is 48.0 Å². The van der Waals surface area contributed by atoms with E-state index in [1.54, 1.807) is 0 Å². The van der Waals surface area contributed by atoms with Crippen molar-refractivity contribution < 1.29 is 4.74 Å². The third kappa shape index (κ3) is 2.01. The second-order valence-electron chi connectivity index (χ2n) is 5.14. The highest BCUT2D eigenvalue weighted by Crippen LogP contribution is 2.31. The molecule has 1 unspecified atom stereocenters. The lowest BCUT2D eigenvalue weighted by Crippen LogP contribution is -1.99. The number of nitrogens with zero attached hydrogens (tertiary/aromatic N) is 1. The number of benzene rings is 2. The summed E-state index contributed by atoms with van der Waals surface area (Å²) in [5.74, 6) is 0. The van der Waals surface area contributed by atoms with Gasteiger partial charge in [0, 0.05) is 35.0 Å². The summed E-state index contributed by atoms with van der Waals surface area (Å²) in [4.78, 5) is 0. The minimum Gasteiger partial charge on any atom is -0.374 e. The smallest absolute Gasteiger partial charge is 0.0796 e. The molecule has 0 aliphatic rings. The highest BCUT2D eigenvalue weighted by Gasteiger charge is 2.12. The van der Waals surface area contributed by atoms with E-state index in [2.05, 4.69) is 60.9 Å². The van der Waals surface area contributed by atoms with Crippen molar-refractivity contribution in [1.29, 1.82) is 0 Å². The maximum atomic E-state index is 5.72. The molecule has 0 N–H and O–H groups in total. The Kier molecular flexibility index (Phi) is 3.49. The van der Waals surface area contributed by atoms with Crippen molar-refractivity contribution >= 4 is 21.8 Å². The van der Waals surface area contributed by atoms with Crippen molar-refractivity contribution in [2.45, 2.75) is 33.4 Å². The quantitative estimate of drug-likeness (QED) is 0.655. The minimum atomic E-state index is 0.146. The molecule has 0 saturated heterocycles. The molecule has 1 heterocycles. The summed E-state index contributed by atoms with van der Waals surface area (Å²) < 4.78 is 8.09. The zero-order valence-corrected chi connectivity index (χ0v) is 12.4. The highest BCUT2D eigenvalue weighted by molar-refractivity contribution is 6.08. The van der Waals surface area contributed by atoms with Crippen LogP contribution in [0.15, 0.2) is 42.5 Å². The van der Waals surface area contributed by atoms with Crippen LogP contribution >= 0.6 is 0 Å². The third-order valence-corrected chi connectivity index (χ3v) is 4.00. The normalized spacial score (nSPS) is 13.2. The molecule has 104 valence electrons. The molecule has 0 spiro atoms. The molecule has 1 aromatic heterocycles. The fourth-order valence-electron chi connectivity index (χ4n) is 3.01. The molecule has 0 bridgehead atoms. The Morgan fingerprint density at radius 2 is 1.75 bits per heavy atom. The number of ether oxygens (including phenoxy) is 1. The Labute approximate surface area is 120 Å². The maximum absolute atomic E-state index is 5.72. The molecule has 3 rings (SSSR count). The van der Waals surface area contributed by atoms with E-state index in [-0.39, 0.29) is 6.10 Å². The van der Waals surface area contributed by atoms with Gasteiger partial charge in [0.1, 0.15) is 0 Å². The van der Waals surface area contributed by atoms with E-state index in [0.717, 1.165) is 13.2 Å². The van der Waals surface area contributed by atoms with Crippen LogP contribution in [0.25, 0.3) is 21.8 Å². The Morgan fingerprint density at radius 3 is 2.50 bits per heavy atom. The van der Waals surface area contributed by atoms with E-state index in [1.165, 1.54) is 27.4 Å². The van der Waals surface area contributed by atoms with Gasteiger partial charge < -0.3 is 9.30 Å². The molecule has 20 heavy (non-hydrogen) atoms. The molecule has 0 fully saturated rings. The van der Waals surface area contributed by atoms with Crippen molar-refractivity contribution in [3.8, 4) is 0 Å². The lowest BCUT2D eigenvalue weighted by molar-refractivity contribution is 0.0765. The lowest BCUT2D eigenvalue weighted by Gasteiger charge is -2.12. The fraction of sp³-hybridized carbons (Fsp3) is 0.333. The first-order valence-corrected chi connectivity index (χ1v) is 7.38. The van der Waals surface area contributed by atoms with Crippen LogP contribution in [0.2, 0.25) is 0 Å². The summed E-state index contributed by atoms with van der Waals surface area (Å²) >= 11 is 0. The summed E-state index contributed by atoms with van der Waals surface area (Å²) in [6, 6.07) is 15.3. The van der Waals surface area contributed by atoms with Crippen molar-refractivity contribution in [2.75, 3.05) is 6.61 Å². The molecule has 3 aromatic rings. The molecule has 2 heteroatoms. The zero-order valence-electron chi connectivity index (χ0n) is 12.4. The van der Waals surface area contributed by atoms with Crippen LogP contribution in [0.5, 0.6) is 0 Å². The Morgan fingerprint density at radius 1 is 1.00 bits per heavy atom. The van der Waals surface area contributed by atoms with Crippen LogP contribution in [-0.2, 0) is 11.3 Å². The van der Waals surface area contributed by atoms with Gasteiger partial charge in [-0.1, -0.05) is 24.3 Å². The van der Waals surface area contributed by atoms with Gasteiger partial charge in [-0.3, -0.25) is 0 Å². The molecular formula is C18H21NO. The first-order chi connectivity index (χ1) is 9.76.